The van der Waals surface area contributed by atoms with Crippen molar-refractivity contribution in [2.45, 2.75) is 65.1 Å². The Morgan fingerprint density at radius 1 is 1.15 bits per heavy atom. The highest BCUT2D eigenvalue weighted by Gasteiger charge is 2.30. The van der Waals surface area contributed by atoms with Crippen LogP contribution in [-0.4, -0.2) is 45.2 Å². The number of aromatic nitrogens is 2. The first-order chi connectivity index (χ1) is 16.2. The summed E-state index contributed by atoms with van der Waals surface area (Å²) in [6.45, 7) is 8.82. The number of likely N-dealkylation sites (tertiary alicyclic amines) is 1. The third kappa shape index (κ3) is 5.41. The van der Waals surface area contributed by atoms with Crippen molar-refractivity contribution in [3.63, 3.8) is 0 Å². The van der Waals surface area contributed by atoms with Crippen molar-refractivity contribution in [3.05, 3.63) is 64.7 Å². The molecule has 1 saturated heterocycles. The Morgan fingerprint density at radius 2 is 1.91 bits per heavy atom. The van der Waals surface area contributed by atoms with Gasteiger partial charge in [-0.15, -0.1) is 0 Å². The molecule has 0 saturated carbocycles. The molecule has 34 heavy (non-hydrogen) atoms. The van der Waals surface area contributed by atoms with Crippen LogP contribution in [0.3, 0.4) is 0 Å². The van der Waals surface area contributed by atoms with Gasteiger partial charge < -0.3 is 14.4 Å². The SMILES string of the molecule is CCCCc1nc2ccccn2c(=O)c1-c1ccc(O[C@@H]2CCN(C(=O)OC(C)(C)C)C2)cc1. The predicted octanol–water partition coefficient (Wildman–Crippen LogP) is 5.09. The minimum absolute atomic E-state index is 0.0610. The Morgan fingerprint density at radius 3 is 2.62 bits per heavy atom. The average molecular weight is 464 g/mol. The Hall–Kier alpha value is -3.35. The van der Waals surface area contributed by atoms with E-state index in [4.69, 9.17) is 14.5 Å². The number of amides is 1. The molecule has 7 heteroatoms. The summed E-state index contributed by atoms with van der Waals surface area (Å²) < 4.78 is 13.2. The highest BCUT2D eigenvalue weighted by Crippen LogP contribution is 2.26. The number of hydrogen-bond donors (Lipinski definition) is 0. The van der Waals surface area contributed by atoms with E-state index in [1.54, 1.807) is 15.5 Å². The molecule has 1 aromatic carbocycles. The van der Waals surface area contributed by atoms with Crippen LogP contribution in [0.2, 0.25) is 0 Å². The van der Waals surface area contributed by atoms with Crippen molar-refractivity contribution >= 4 is 11.7 Å². The van der Waals surface area contributed by atoms with Gasteiger partial charge in [0.1, 0.15) is 23.1 Å². The normalized spacial score (nSPS) is 16.1. The number of nitrogens with zero attached hydrogens (tertiary/aromatic N) is 3. The van der Waals surface area contributed by atoms with Crippen molar-refractivity contribution in [3.8, 4) is 16.9 Å². The van der Waals surface area contributed by atoms with E-state index >= 15 is 0 Å². The lowest BCUT2D eigenvalue weighted by molar-refractivity contribution is 0.0275. The Labute approximate surface area is 200 Å². The van der Waals surface area contributed by atoms with Gasteiger partial charge in [0.05, 0.1) is 17.8 Å². The molecule has 0 bridgehead atoms. The highest BCUT2D eigenvalue weighted by atomic mass is 16.6. The van der Waals surface area contributed by atoms with Crippen LogP contribution in [0.5, 0.6) is 5.75 Å². The van der Waals surface area contributed by atoms with Gasteiger partial charge in [0, 0.05) is 19.2 Å². The van der Waals surface area contributed by atoms with Crippen LogP contribution in [0.25, 0.3) is 16.8 Å². The van der Waals surface area contributed by atoms with E-state index < -0.39 is 5.60 Å². The molecule has 0 unspecified atom stereocenters. The third-order valence-corrected chi connectivity index (χ3v) is 5.82. The minimum atomic E-state index is -0.516. The van der Waals surface area contributed by atoms with Crippen molar-refractivity contribution in [2.24, 2.45) is 0 Å². The van der Waals surface area contributed by atoms with Crippen LogP contribution in [0.15, 0.2) is 53.5 Å². The second-order valence-corrected chi connectivity index (χ2v) is 9.75. The zero-order chi connectivity index (χ0) is 24.3. The van der Waals surface area contributed by atoms with Gasteiger partial charge >= 0.3 is 6.09 Å². The molecule has 1 amide bonds. The van der Waals surface area contributed by atoms with E-state index in [1.165, 1.54) is 0 Å². The standard InChI is InChI=1S/C27H33N3O4/c1-5-6-9-22-24(25(31)30-16-8-7-10-23(30)28-22)19-11-13-20(14-12-19)33-21-15-17-29(18-21)26(32)34-27(2,3)4/h7-8,10-14,16,21H,5-6,9,15,17-18H2,1-4H3/t21-/m1/s1. The molecule has 0 spiro atoms. The Kier molecular flexibility index (Phi) is 6.91. The lowest BCUT2D eigenvalue weighted by atomic mass is 10.0. The number of hydrogen-bond acceptors (Lipinski definition) is 5. The quantitative estimate of drug-likeness (QED) is 0.509. The summed E-state index contributed by atoms with van der Waals surface area (Å²) in [5, 5.41) is 0. The molecule has 2 aromatic heterocycles. The maximum Gasteiger partial charge on any atom is 0.410 e. The molecular formula is C27H33N3O4. The molecular weight excluding hydrogens is 430 g/mol. The number of ether oxygens (including phenoxy) is 2. The molecule has 1 atom stereocenters. The largest absolute Gasteiger partial charge is 0.489 e. The van der Waals surface area contributed by atoms with E-state index in [9.17, 15) is 9.59 Å². The Bertz CT molecular complexity index is 1210. The molecule has 0 aliphatic carbocycles. The van der Waals surface area contributed by atoms with Crippen LogP contribution in [0.4, 0.5) is 4.79 Å². The topological polar surface area (TPSA) is 73.1 Å². The summed E-state index contributed by atoms with van der Waals surface area (Å²) in [4.78, 5) is 32.1. The van der Waals surface area contributed by atoms with E-state index in [1.807, 2.05) is 63.2 Å². The number of pyridine rings is 1. The van der Waals surface area contributed by atoms with Crippen LogP contribution in [0.1, 0.15) is 52.7 Å². The number of benzene rings is 1. The van der Waals surface area contributed by atoms with Gasteiger partial charge in [-0.1, -0.05) is 31.5 Å². The highest BCUT2D eigenvalue weighted by molar-refractivity contribution is 5.69. The van der Waals surface area contributed by atoms with Crippen LogP contribution in [-0.2, 0) is 11.2 Å². The molecule has 1 aliphatic heterocycles. The zero-order valence-electron chi connectivity index (χ0n) is 20.4. The zero-order valence-corrected chi connectivity index (χ0v) is 20.4. The van der Waals surface area contributed by atoms with Crippen molar-refractivity contribution in [2.75, 3.05) is 13.1 Å². The maximum absolute atomic E-state index is 13.3. The predicted molar refractivity (Wildman–Crippen MR) is 132 cm³/mol. The number of unbranched alkanes of at least 4 members (excludes halogenated alkanes) is 1. The molecule has 3 aromatic rings. The molecule has 180 valence electrons. The average Bonchev–Trinajstić information content (AvgIpc) is 3.26. The number of rotatable bonds is 6. The van der Waals surface area contributed by atoms with Crippen molar-refractivity contribution in [1.82, 2.24) is 14.3 Å². The number of aryl methyl sites for hydroxylation is 1. The molecule has 1 aliphatic rings. The van der Waals surface area contributed by atoms with Gasteiger partial charge in [-0.25, -0.2) is 9.78 Å². The lowest BCUT2D eigenvalue weighted by Crippen LogP contribution is -2.36. The molecule has 7 nitrogen and oxygen atoms in total. The van der Waals surface area contributed by atoms with E-state index in [2.05, 4.69) is 6.92 Å². The summed E-state index contributed by atoms with van der Waals surface area (Å²) in [7, 11) is 0. The number of carbonyl (C=O) groups is 1. The van der Waals surface area contributed by atoms with Crippen molar-refractivity contribution < 1.29 is 14.3 Å². The summed E-state index contributed by atoms with van der Waals surface area (Å²) in [6, 6.07) is 13.2. The molecule has 0 radical (unpaired) electrons. The van der Waals surface area contributed by atoms with Crippen molar-refractivity contribution in [1.29, 1.82) is 0 Å². The summed E-state index contributed by atoms with van der Waals surface area (Å²) in [5.74, 6) is 0.712. The fourth-order valence-electron chi connectivity index (χ4n) is 4.16. The maximum atomic E-state index is 13.3. The minimum Gasteiger partial charge on any atom is -0.489 e. The fraction of sp³-hybridized carbons (Fsp3) is 0.444. The van der Waals surface area contributed by atoms with Crippen LogP contribution >= 0.6 is 0 Å². The van der Waals surface area contributed by atoms with Gasteiger partial charge in [-0.3, -0.25) is 9.20 Å². The third-order valence-electron chi connectivity index (χ3n) is 5.82. The molecule has 1 fully saturated rings. The summed E-state index contributed by atoms with van der Waals surface area (Å²) in [6.07, 6.45) is 4.87. The smallest absolute Gasteiger partial charge is 0.410 e. The molecule has 4 rings (SSSR count). The Balaban J connectivity index is 1.51. The van der Waals surface area contributed by atoms with Crippen LogP contribution in [0, 0.1) is 0 Å². The second kappa shape index (κ2) is 9.87. The van der Waals surface area contributed by atoms with Crippen LogP contribution < -0.4 is 10.3 Å². The molecule has 3 heterocycles. The van der Waals surface area contributed by atoms with Gasteiger partial charge in [0.15, 0.2) is 0 Å². The van der Waals surface area contributed by atoms with Gasteiger partial charge in [0.25, 0.3) is 5.56 Å². The fourth-order valence-corrected chi connectivity index (χ4v) is 4.16. The second-order valence-electron chi connectivity index (χ2n) is 9.75. The lowest BCUT2D eigenvalue weighted by Gasteiger charge is -2.24. The van der Waals surface area contributed by atoms with E-state index in [0.29, 0.717) is 30.0 Å². The monoisotopic (exact) mass is 463 g/mol. The van der Waals surface area contributed by atoms with Gasteiger partial charge in [-0.05, 0) is 63.4 Å². The van der Waals surface area contributed by atoms with Gasteiger partial charge in [0.2, 0.25) is 0 Å². The first-order valence-electron chi connectivity index (χ1n) is 12.0. The van der Waals surface area contributed by atoms with E-state index in [-0.39, 0.29) is 17.8 Å². The first-order valence-corrected chi connectivity index (χ1v) is 12.0. The van der Waals surface area contributed by atoms with E-state index in [0.717, 1.165) is 36.9 Å². The number of carbonyl (C=O) groups excluding carboxylic acids is 1. The summed E-state index contributed by atoms with van der Waals surface area (Å²) in [5.41, 5.74) is 2.39. The summed E-state index contributed by atoms with van der Waals surface area (Å²) >= 11 is 0. The molecule has 0 N–H and O–H groups in total. The first kappa shape index (κ1) is 23.8. The van der Waals surface area contributed by atoms with Gasteiger partial charge in [-0.2, -0.15) is 0 Å². The number of fused-ring (bicyclic) bond motifs is 1.